The first-order valence-electron chi connectivity index (χ1n) is 6.47. The fourth-order valence-corrected chi connectivity index (χ4v) is 2.09. The topological polar surface area (TPSA) is 15.3 Å². The van der Waals surface area contributed by atoms with Crippen molar-refractivity contribution in [1.82, 2.24) is 10.2 Å². The zero-order valence-electron chi connectivity index (χ0n) is 11.4. The van der Waals surface area contributed by atoms with Gasteiger partial charge in [-0.05, 0) is 38.9 Å². The molecule has 1 atom stereocenters. The van der Waals surface area contributed by atoms with Crippen LogP contribution in [-0.2, 0) is 0 Å². The lowest BCUT2D eigenvalue weighted by molar-refractivity contribution is 0.265. The van der Waals surface area contributed by atoms with Crippen LogP contribution in [0.15, 0.2) is 0 Å². The molecule has 1 rings (SSSR count). The van der Waals surface area contributed by atoms with E-state index < -0.39 is 0 Å². The molecule has 0 aromatic heterocycles. The Balaban J connectivity index is 0.000000423. The smallest absolute Gasteiger partial charge is 0.00475 e. The van der Waals surface area contributed by atoms with E-state index in [0.29, 0.717) is 5.41 Å². The maximum Gasteiger partial charge on any atom is 0.00475 e. The van der Waals surface area contributed by atoms with Crippen molar-refractivity contribution in [2.24, 2.45) is 5.41 Å². The molecule has 1 saturated heterocycles. The Morgan fingerprint density at radius 1 is 1.20 bits per heavy atom. The summed E-state index contributed by atoms with van der Waals surface area (Å²) >= 11 is 0. The summed E-state index contributed by atoms with van der Waals surface area (Å²) in [5, 5.41) is 3.30. The third-order valence-corrected chi connectivity index (χ3v) is 3.43. The quantitative estimate of drug-likeness (QED) is 0.774. The molecule has 0 aromatic carbocycles. The van der Waals surface area contributed by atoms with Crippen molar-refractivity contribution in [1.29, 1.82) is 0 Å². The van der Waals surface area contributed by atoms with E-state index in [0.717, 1.165) is 0 Å². The summed E-state index contributed by atoms with van der Waals surface area (Å²) in [6.07, 6.45) is 5.30. The van der Waals surface area contributed by atoms with Crippen molar-refractivity contribution in [3.63, 3.8) is 0 Å². The second kappa shape index (κ2) is 8.12. The number of nitrogens with zero attached hydrogens (tertiary/aromatic N) is 1. The van der Waals surface area contributed by atoms with Gasteiger partial charge in [0.05, 0.1) is 0 Å². The van der Waals surface area contributed by atoms with Crippen molar-refractivity contribution in [3.05, 3.63) is 0 Å². The second-order valence-corrected chi connectivity index (χ2v) is 4.87. The third kappa shape index (κ3) is 5.53. The highest BCUT2D eigenvalue weighted by molar-refractivity contribution is 4.88. The fourth-order valence-electron chi connectivity index (χ4n) is 2.09. The molecular weight excluding hydrogens is 184 g/mol. The van der Waals surface area contributed by atoms with Crippen LogP contribution in [0.4, 0.5) is 0 Å². The Labute approximate surface area is 96.4 Å². The SMILES string of the molecule is CCC1(CNC)CCN(C)C1.CCCC. The van der Waals surface area contributed by atoms with Gasteiger partial charge in [0.1, 0.15) is 0 Å². The van der Waals surface area contributed by atoms with Crippen molar-refractivity contribution < 1.29 is 0 Å². The highest BCUT2D eigenvalue weighted by Gasteiger charge is 2.33. The number of rotatable bonds is 4. The average Bonchev–Trinajstić information content (AvgIpc) is 2.62. The van der Waals surface area contributed by atoms with E-state index in [9.17, 15) is 0 Å². The van der Waals surface area contributed by atoms with Crippen LogP contribution in [0.5, 0.6) is 0 Å². The Morgan fingerprint density at radius 2 is 1.80 bits per heavy atom. The summed E-state index contributed by atoms with van der Waals surface area (Å²) in [6, 6.07) is 0. The van der Waals surface area contributed by atoms with Gasteiger partial charge in [0.15, 0.2) is 0 Å². The van der Waals surface area contributed by atoms with Gasteiger partial charge in [0, 0.05) is 13.1 Å². The molecule has 1 fully saturated rings. The van der Waals surface area contributed by atoms with Crippen LogP contribution in [0, 0.1) is 5.41 Å². The molecule has 1 unspecified atom stereocenters. The number of unbranched alkanes of at least 4 members (excludes halogenated alkanes) is 1. The lowest BCUT2D eigenvalue weighted by atomic mass is 9.84. The molecule has 2 heteroatoms. The fraction of sp³-hybridized carbons (Fsp3) is 1.00. The van der Waals surface area contributed by atoms with E-state index in [2.05, 4.69) is 45.1 Å². The van der Waals surface area contributed by atoms with Crippen LogP contribution in [0.2, 0.25) is 0 Å². The van der Waals surface area contributed by atoms with Gasteiger partial charge in [-0.15, -0.1) is 0 Å². The zero-order valence-corrected chi connectivity index (χ0v) is 11.4. The lowest BCUT2D eigenvalue weighted by Crippen LogP contribution is -2.34. The predicted octanol–water partition coefficient (Wildman–Crippen LogP) is 2.74. The van der Waals surface area contributed by atoms with Crippen LogP contribution in [-0.4, -0.2) is 38.6 Å². The lowest BCUT2D eigenvalue weighted by Gasteiger charge is -2.26. The molecule has 1 heterocycles. The molecule has 0 amide bonds. The molecule has 2 nitrogen and oxygen atoms in total. The molecule has 0 aliphatic carbocycles. The molecule has 0 radical (unpaired) electrons. The largest absolute Gasteiger partial charge is 0.319 e. The van der Waals surface area contributed by atoms with E-state index in [1.807, 2.05) is 0 Å². The molecule has 1 aliphatic rings. The molecule has 0 bridgehead atoms. The van der Waals surface area contributed by atoms with Crippen molar-refractivity contribution in [2.45, 2.75) is 46.5 Å². The first kappa shape index (κ1) is 14.9. The van der Waals surface area contributed by atoms with E-state index in [-0.39, 0.29) is 0 Å². The molecule has 0 aromatic rings. The van der Waals surface area contributed by atoms with Crippen LogP contribution in [0.25, 0.3) is 0 Å². The zero-order chi connectivity index (χ0) is 11.7. The van der Waals surface area contributed by atoms with E-state index >= 15 is 0 Å². The number of hydrogen-bond donors (Lipinski definition) is 1. The molecular formula is C13H30N2. The Bertz CT molecular complexity index is 141. The van der Waals surface area contributed by atoms with Gasteiger partial charge in [0.25, 0.3) is 0 Å². The van der Waals surface area contributed by atoms with Gasteiger partial charge >= 0.3 is 0 Å². The molecule has 15 heavy (non-hydrogen) atoms. The van der Waals surface area contributed by atoms with Crippen molar-refractivity contribution in [3.8, 4) is 0 Å². The summed E-state index contributed by atoms with van der Waals surface area (Å²) < 4.78 is 0. The molecule has 0 spiro atoms. The monoisotopic (exact) mass is 214 g/mol. The first-order chi connectivity index (χ1) is 7.14. The standard InChI is InChI=1S/C9H20N2.C4H10/c1-4-9(7-10-2)5-6-11(3)8-9;1-3-4-2/h10H,4-8H2,1-3H3;3-4H2,1-2H3. The van der Waals surface area contributed by atoms with Crippen LogP contribution < -0.4 is 5.32 Å². The van der Waals surface area contributed by atoms with Crippen molar-refractivity contribution in [2.75, 3.05) is 33.7 Å². The minimum Gasteiger partial charge on any atom is -0.319 e. The van der Waals surface area contributed by atoms with Gasteiger partial charge in [-0.3, -0.25) is 0 Å². The van der Waals surface area contributed by atoms with Crippen molar-refractivity contribution >= 4 is 0 Å². The highest BCUT2D eigenvalue weighted by atomic mass is 15.1. The molecule has 1 aliphatic heterocycles. The van der Waals surface area contributed by atoms with Crippen LogP contribution in [0.1, 0.15) is 46.5 Å². The van der Waals surface area contributed by atoms with Crippen LogP contribution >= 0.6 is 0 Å². The minimum atomic E-state index is 0.573. The Kier molecular flexibility index (Phi) is 8.07. The summed E-state index contributed by atoms with van der Waals surface area (Å²) in [5.41, 5.74) is 0.573. The number of likely N-dealkylation sites (tertiary alicyclic amines) is 1. The van der Waals surface area contributed by atoms with Gasteiger partial charge in [-0.1, -0.05) is 33.6 Å². The molecule has 1 N–H and O–H groups in total. The highest BCUT2D eigenvalue weighted by Crippen LogP contribution is 2.31. The van der Waals surface area contributed by atoms with Gasteiger partial charge in [-0.25, -0.2) is 0 Å². The summed E-state index contributed by atoms with van der Waals surface area (Å²) in [4.78, 5) is 2.43. The van der Waals surface area contributed by atoms with E-state index in [4.69, 9.17) is 0 Å². The first-order valence-corrected chi connectivity index (χ1v) is 6.47. The summed E-state index contributed by atoms with van der Waals surface area (Å²) in [5.74, 6) is 0. The second-order valence-electron chi connectivity index (χ2n) is 4.87. The normalized spacial score (nSPS) is 26.2. The van der Waals surface area contributed by atoms with E-state index in [1.165, 1.54) is 45.3 Å². The Morgan fingerprint density at radius 3 is 2.07 bits per heavy atom. The summed E-state index contributed by atoms with van der Waals surface area (Å²) in [7, 11) is 4.27. The maximum atomic E-state index is 3.30. The predicted molar refractivity (Wildman–Crippen MR) is 69.3 cm³/mol. The minimum absolute atomic E-state index is 0.573. The molecule has 92 valence electrons. The maximum absolute atomic E-state index is 3.30. The van der Waals surface area contributed by atoms with E-state index in [1.54, 1.807) is 0 Å². The van der Waals surface area contributed by atoms with Crippen LogP contribution in [0.3, 0.4) is 0 Å². The Hall–Kier alpha value is -0.0800. The number of hydrogen-bond acceptors (Lipinski definition) is 2. The van der Waals surface area contributed by atoms with Gasteiger partial charge < -0.3 is 10.2 Å². The number of nitrogens with one attached hydrogen (secondary N) is 1. The van der Waals surface area contributed by atoms with Gasteiger partial charge in [0.2, 0.25) is 0 Å². The van der Waals surface area contributed by atoms with Gasteiger partial charge in [-0.2, -0.15) is 0 Å². The average molecular weight is 214 g/mol. The third-order valence-electron chi connectivity index (χ3n) is 3.43. The summed E-state index contributed by atoms with van der Waals surface area (Å²) in [6.45, 7) is 10.4. The molecule has 0 saturated carbocycles.